The van der Waals surface area contributed by atoms with Crippen LogP contribution in [0.1, 0.15) is 58.2 Å². The van der Waals surface area contributed by atoms with E-state index < -0.39 is 46.8 Å². The van der Waals surface area contributed by atoms with Crippen LogP contribution >= 0.6 is 0 Å². The number of aliphatic hydroxyl groups excluding tert-OH is 1. The molecule has 4 rings (SSSR count). The normalized spacial score (nSPS) is 22.1. The fourth-order valence-corrected chi connectivity index (χ4v) is 7.72. The molecule has 0 aromatic heterocycles. The van der Waals surface area contributed by atoms with Crippen molar-refractivity contribution in [2.24, 2.45) is 0 Å². The van der Waals surface area contributed by atoms with Crippen molar-refractivity contribution >= 4 is 16.6 Å². The number of hydrogen-bond donors (Lipinski definition) is 1. The summed E-state index contributed by atoms with van der Waals surface area (Å²) in [6.07, 6.45) is -2.74. The summed E-state index contributed by atoms with van der Waals surface area (Å²) < 4.78 is 27.4. The second-order valence-corrected chi connectivity index (χ2v) is 24.4. The first-order chi connectivity index (χ1) is 20.0. The van der Waals surface area contributed by atoms with Crippen molar-refractivity contribution in [3.63, 3.8) is 0 Å². The van der Waals surface area contributed by atoms with Crippen LogP contribution in [-0.4, -0.2) is 53.0 Å². The van der Waals surface area contributed by atoms with Crippen LogP contribution in [0.3, 0.4) is 0 Å². The van der Waals surface area contributed by atoms with Crippen molar-refractivity contribution < 1.29 is 23.4 Å². The van der Waals surface area contributed by atoms with E-state index in [1.807, 2.05) is 54.6 Å². The third-order valence-electron chi connectivity index (χ3n) is 9.76. The van der Waals surface area contributed by atoms with Gasteiger partial charge in [0.1, 0.15) is 23.9 Å². The molecule has 3 aromatic rings. The molecule has 0 saturated carbocycles. The lowest BCUT2D eigenvalue weighted by molar-refractivity contribution is -0.143. The van der Waals surface area contributed by atoms with E-state index in [0.29, 0.717) is 0 Å². The molecule has 0 aliphatic carbocycles. The average molecular weight is 621 g/mol. The van der Waals surface area contributed by atoms with Crippen molar-refractivity contribution in [1.82, 2.24) is 0 Å². The molecule has 0 amide bonds. The second-order valence-electron chi connectivity index (χ2n) is 14.8. The van der Waals surface area contributed by atoms with Crippen LogP contribution in [0.4, 0.5) is 0 Å². The van der Waals surface area contributed by atoms with E-state index in [-0.39, 0.29) is 16.7 Å². The Bertz CT molecular complexity index is 1200. The molecule has 1 N–H and O–H groups in total. The van der Waals surface area contributed by atoms with E-state index in [9.17, 15) is 5.11 Å². The quantitative estimate of drug-likeness (QED) is 0.182. The Morgan fingerprint density at radius 2 is 0.953 bits per heavy atom. The molecular formula is C36H52O5Si2. The van der Waals surface area contributed by atoms with E-state index in [2.05, 4.69) is 104 Å². The van der Waals surface area contributed by atoms with Crippen LogP contribution in [0.5, 0.6) is 0 Å². The van der Waals surface area contributed by atoms with Gasteiger partial charge in [-0.2, -0.15) is 0 Å². The maximum absolute atomic E-state index is 11.4. The largest absolute Gasteiger partial charge is 0.408 e. The smallest absolute Gasteiger partial charge is 0.192 e. The molecule has 7 heteroatoms. The Hall–Kier alpha value is -2.11. The predicted octanol–water partition coefficient (Wildman–Crippen LogP) is 8.49. The van der Waals surface area contributed by atoms with E-state index in [4.69, 9.17) is 18.3 Å². The summed E-state index contributed by atoms with van der Waals surface area (Å²) in [4.78, 5) is 0. The van der Waals surface area contributed by atoms with E-state index in [0.717, 1.165) is 16.7 Å². The number of hydrogen-bond acceptors (Lipinski definition) is 5. The Labute approximate surface area is 261 Å². The molecule has 0 bridgehead atoms. The SMILES string of the molecule is CC(C)(C)[Si](C)(C)OC1C(O)O[C@H](COC(c2ccccc2)(c2ccccc2)c2ccccc2)C1O[Si](C)(C)C(C)(C)C. The third kappa shape index (κ3) is 7.09. The third-order valence-corrected chi connectivity index (χ3v) is 18.7. The van der Waals surface area contributed by atoms with Crippen LogP contribution < -0.4 is 0 Å². The number of ether oxygens (including phenoxy) is 2. The van der Waals surface area contributed by atoms with Crippen LogP contribution in [0.15, 0.2) is 91.0 Å². The highest BCUT2D eigenvalue weighted by atomic mass is 28.4. The summed E-state index contributed by atoms with van der Waals surface area (Å²) in [5.74, 6) is 0. The van der Waals surface area contributed by atoms with Crippen molar-refractivity contribution in [3.05, 3.63) is 108 Å². The highest BCUT2D eigenvalue weighted by Crippen LogP contribution is 2.45. The lowest BCUT2D eigenvalue weighted by Gasteiger charge is -2.44. The lowest BCUT2D eigenvalue weighted by atomic mass is 9.80. The summed E-state index contributed by atoms with van der Waals surface area (Å²) in [6, 6.07) is 31.0. The Balaban J connectivity index is 1.78. The van der Waals surface area contributed by atoms with Gasteiger partial charge in [-0.3, -0.25) is 0 Å². The minimum absolute atomic E-state index is 0.0324. The molecule has 43 heavy (non-hydrogen) atoms. The summed E-state index contributed by atoms with van der Waals surface area (Å²) in [5.41, 5.74) is 2.14. The molecule has 234 valence electrons. The zero-order valence-corrected chi connectivity index (χ0v) is 29.8. The van der Waals surface area contributed by atoms with Gasteiger partial charge in [0.25, 0.3) is 0 Å². The van der Waals surface area contributed by atoms with Gasteiger partial charge in [-0.1, -0.05) is 133 Å². The van der Waals surface area contributed by atoms with Gasteiger partial charge in [0, 0.05) is 0 Å². The summed E-state index contributed by atoms with van der Waals surface area (Å²) in [5, 5.41) is 11.3. The van der Waals surface area contributed by atoms with E-state index >= 15 is 0 Å². The molecule has 1 aliphatic rings. The van der Waals surface area contributed by atoms with Crippen molar-refractivity contribution in [2.75, 3.05) is 6.61 Å². The number of benzene rings is 3. The van der Waals surface area contributed by atoms with Gasteiger partial charge in [-0.15, -0.1) is 0 Å². The lowest BCUT2D eigenvalue weighted by Crippen LogP contribution is -2.54. The Morgan fingerprint density at radius 3 is 1.30 bits per heavy atom. The fourth-order valence-electron chi connectivity index (χ4n) is 5.12. The van der Waals surface area contributed by atoms with Gasteiger partial charge < -0.3 is 23.4 Å². The van der Waals surface area contributed by atoms with Crippen LogP contribution in [-0.2, 0) is 23.9 Å². The predicted molar refractivity (Wildman–Crippen MR) is 180 cm³/mol. The monoisotopic (exact) mass is 620 g/mol. The average Bonchev–Trinajstić information content (AvgIpc) is 3.22. The first-order valence-electron chi connectivity index (χ1n) is 15.5. The second kappa shape index (κ2) is 12.7. The van der Waals surface area contributed by atoms with Crippen molar-refractivity contribution in [2.45, 2.75) is 108 Å². The van der Waals surface area contributed by atoms with Crippen molar-refractivity contribution in [3.8, 4) is 0 Å². The van der Waals surface area contributed by atoms with Crippen LogP contribution in [0.25, 0.3) is 0 Å². The maximum Gasteiger partial charge on any atom is 0.192 e. The van der Waals surface area contributed by atoms with Gasteiger partial charge in [0.15, 0.2) is 22.9 Å². The van der Waals surface area contributed by atoms with Gasteiger partial charge in [0.2, 0.25) is 0 Å². The van der Waals surface area contributed by atoms with Crippen LogP contribution in [0.2, 0.25) is 36.3 Å². The summed E-state index contributed by atoms with van der Waals surface area (Å²) >= 11 is 0. The topological polar surface area (TPSA) is 57.2 Å². The molecule has 4 atom stereocenters. The molecule has 1 saturated heterocycles. The Morgan fingerprint density at radius 1 is 0.605 bits per heavy atom. The maximum atomic E-state index is 11.4. The molecule has 3 unspecified atom stereocenters. The first-order valence-corrected chi connectivity index (χ1v) is 21.3. The zero-order chi connectivity index (χ0) is 31.7. The molecule has 3 aromatic carbocycles. The van der Waals surface area contributed by atoms with Gasteiger partial charge in [-0.25, -0.2) is 0 Å². The van der Waals surface area contributed by atoms with E-state index in [1.165, 1.54) is 0 Å². The highest BCUT2D eigenvalue weighted by molar-refractivity contribution is 6.74. The molecule has 1 aliphatic heterocycles. The fraction of sp³-hybridized carbons (Fsp3) is 0.500. The number of aliphatic hydroxyl groups is 1. The van der Waals surface area contributed by atoms with Gasteiger partial charge in [-0.05, 0) is 53.0 Å². The molecular weight excluding hydrogens is 569 g/mol. The zero-order valence-electron chi connectivity index (χ0n) is 27.8. The highest BCUT2D eigenvalue weighted by Gasteiger charge is 2.54. The minimum atomic E-state index is -2.28. The standard InChI is InChI=1S/C36H52O5Si2/c1-34(2,3)42(7,8)40-31-30(39-33(37)32(31)41-43(9,10)35(4,5)6)26-38-36(27-20-14-11-15-21-27,28-22-16-12-17-23-28)29-24-18-13-19-25-29/h11-25,30-33,37H,26H2,1-10H3/t30-,31?,32?,33?/m1/s1. The van der Waals surface area contributed by atoms with Gasteiger partial charge >= 0.3 is 0 Å². The molecule has 1 fully saturated rings. The van der Waals surface area contributed by atoms with Crippen LogP contribution in [0, 0.1) is 0 Å². The summed E-state index contributed by atoms with van der Waals surface area (Å²) in [7, 11) is -4.55. The van der Waals surface area contributed by atoms with Crippen molar-refractivity contribution in [1.29, 1.82) is 0 Å². The number of rotatable bonds is 10. The van der Waals surface area contributed by atoms with E-state index in [1.54, 1.807) is 0 Å². The molecule has 1 heterocycles. The molecule has 0 spiro atoms. The minimum Gasteiger partial charge on any atom is -0.408 e. The summed E-state index contributed by atoms with van der Waals surface area (Å²) in [6.45, 7) is 22.4. The van der Waals surface area contributed by atoms with Gasteiger partial charge in [0.05, 0.1) is 6.61 Å². The molecule has 0 radical (unpaired) electrons. The Kier molecular flexibility index (Phi) is 9.99. The first kappa shape index (κ1) is 33.8. The molecule has 5 nitrogen and oxygen atoms in total.